The molecule has 2 unspecified atom stereocenters. The molecule has 2 rings (SSSR count). The highest BCUT2D eigenvalue weighted by Gasteiger charge is 2.24. The minimum atomic E-state index is -0.856. The number of benzene rings is 1. The van der Waals surface area contributed by atoms with E-state index in [1.165, 1.54) is 12.1 Å². The molecule has 4 heteroatoms. The average Bonchev–Trinajstić information content (AvgIpc) is 2.94. The van der Waals surface area contributed by atoms with Gasteiger partial charge in [-0.3, -0.25) is 0 Å². The van der Waals surface area contributed by atoms with Crippen molar-refractivity contribution in [3.05, 3.63) is 58.0 Å². The second-order valence-corrected chi connectivity index (χ2v) is 6.31. The van der Waals surface area contributed by atoms with Crippen LogP contribution in [0.3, 0.4) is 0 Å². The molecule has 1 aromatic carbocycles. The smallest absolute Gasteiger partial charge is 0.123 e. The topological polar surface area (TPSA) is 32.3 Å². The summed E-state index contributed by atoms with van der Waals surface area (Å²) in [4.78, 5) is 0.957. The van der Waals surface area contributed by atoms with Crippen LogP contribution in [-0.4, -0.2) is 17.7 Å². The lowest BCUT2D eigenvalue weighted by molar-refractivity contribution is 0.0581. The van der Waals surface area contributed by atoms with E-state index >= 15 is 0 Å². The number of thiophene rings is 1. The van der Waals surface area contributed by atoms with E-state index in [0.29, 0.717) is 6.54 Å². The number of nitrogens with one attached hydrogen (secondary N) is 1. The zero-order chi connectivity index (χ0) is 14.6. The van der Waals surface area contributed by atoms with E-state index in [1.54, 1.807) is 23.5 Å². The first-order valence-corrected chi connectivity index (χ1v) is 7.59. The molecule has 2 atom stereocenters. The molecule has 0 radical (unpaired) electrons. The molecule has 0 saturated carbocycles. The molecule has 108 valence electrons. The fraction of sp³-hybridized carbons (Fsp3) is 0.375. The maximum absolute atomic E-state index is 12.8. The summed E-state index contributed by atoms with van der Waals surface area (Å²) in [6.45, 7) is 4.38. The monoisotopic (exact) mass is 293 g/mol. The van der Waals surface area contributed by atoms with E-state index in [0.717, 1.165) is 16.9 Å². The summed E-state index contributed by atoms with van der Waals surface area (Å²) in [7, 11) is 0. The van der Waals surface area contributed by atoms with Crippen molar-refractivity contribution in [1.82, 2.24) is 5.32 Å². The first kappa shape index (κ1) is 15.2. The Morgan fingerprint density at radius 3 is 2.60 bits per heavy atom. The Balaban J connectivity index is 1.86. The highest BCUT2D eigenvalue weighted by molar-refractivity contribution is 7.10. The summed E-state index contributed by atoms with van der Waals surface area (Å²) >= 11 is 1.56. The third kappa shape index (κ3) is 4.13. The molecule has 0 aliphatic heterocycles. The first-order chi connectivity index (χ1) is 9.47. The Hall–Kier alpha value is -1.23. The van der Waals surface area contributed by atoms with E-state index in [1.807, 2.05) is 24.4 Å². The molecule has 1 heterocycles. The quantitative estimate of drug-likeness (QED) is 0.856. The lowest BCUT2D eigenvalue weighted by atomic mass is 10.0. The molecule has 2 aromatic rings. The van der Waals surface area contributed by atoms with Crippen molar-refractivity contribution >= 4 is 11.3 Å². The molecule has 2 N–H and O–H groups in total. The van der Waals surface area contributed by atoms with Gasteiger partial charge in [0.25, 0.3) is 0 Å². The SMILES string of the molecule is CC(Cc1ccc(F)cc1)NCC(C)(O)c1cccs1. The van der Waals surface area contributed by atoms with E-state index in [2.05, 4.69) is 12.2 Å². The van der Waals surface area contributed by atoms with Crippen LogP contribution in [0.25, 0.3) is 0 Å². The molecular formula is C16H20FNOS. The van der Waals surface area contributed by atoms with Gasteiger partial charge in [-0.1, -0.05) is 18.2 Å². The molecule has 2 nitrogen and oxygen atoms in total. The van der Waals surface area contributed by atoms with Crippen molar-refractivity contribution in [2.45, 2.75) is 31.9 Å². The van der Waals surface area contributed by atoms with Crippen LogP contribution >= 0.6 is 11.3 Å². The third-order valence-electron chi connectivity index (χ3n) is 3.30. The van der Waals surface area contributed by atoms with Crippen LogP contribution in [0.5, 0.6) is 0 Å². The Kier molecular flexibility index (Phi) is 4.91. The number of rotatable bonds is 6. The molecule has 1 aromatic heterocycles. The van der Waals surface area contributed by atoms with Gasteiger partial charge >= 0.3 is 0 Å². The van der Waals surface area contributed by atoms with Crippen LogP contribution < -0.4 is 5.32 Å². The molecule has 0 spiro atoms. The molecule has 0 bridgehead atoms. The van der Waals surface area contributed by atoms with Gasteiger partial charge in [-0.2, -0.15) is 0 Å². The van der Waals surface area contributed by atoms with Gasteiger partial charge in [0.2, 0.25) is 0 Å². The molecule has 0 aliphatic rings. The van der Waals surface area contributed by atoms with Gasteiger partial charge in [0.1, 0.15) is 11.4 Å². The maximum Gasteiger partial charge on any atom is 0.123 e. The van der Waals surface area contributed by atoms with Crippen LogP contribution in [0.4, 0.5) is 4.39 Å². The van der Waals surface area contributed by atoms with Gasteiger partial charge in [0, 0.05) is 17.5 Å². The predicted octanol–water partition coefficient (Wildman–Crippen LogP) is 3.32. The van der Waals surface area contributed by atoms with Crippen LogP contribution in [0.2, 0.25) is 0 Å². The standard InChI is InChI=1S/C16H20FNOS/c1-12(10-13-5-7-14(17)8-6-13)18-11-16(2,19)15-4-3-9-20-15/h3-9,12,18-19H,10-11H2,1-2H3. The maximum atomic E-state index is 12.8. The summed E-state index contributed by atoms with van der Waals surface area (Å²) in [6, 6.07) is 10.6. The summed E-state index contributed by atoms with van der Waals surface area (Å²) < 4.78 is 12.8. The molecule has 0 amide bonds. The van der Waals surface area contributed by atoms with Crippen LogP contribution in [-0.2, 0) is 12.0 Å². The predicted molar refractivity (Wildman–Crippen MR) is 81.5 cm³/mol. The van der Waals surface area contributed by atoms with Gasteiger partial charge in [0.05, 0.1) is 0 Å². The normalized spacial score (nSPS) is 15.8. The van der Waals surface area contributed by atoms with Crippen molar-refractivity contribution in [3.63, 3.8) is 0 Å². The Morgan fingerprint density at radius 2 is 2.00 bits per heavy atom. The summed E-state index contributed by atoms with van der Waals surface area (Å²) in [5.74, 6) is -0.213. The second-order valence-electron chi connectivity index (χ2n) is 5.36. The molecule has 0 aliphatic carbocycles. The lowest BCUT2D eigenvalue weighted by Crippen LogP contribution is -2.40. The van der Waals surface area contributed by atoms with Gasteiger partial charge in [0.15, 0.2) is 0 Å². The van der Waals surface area contributed by atoms with Crippen molar-refractivity contribution in [2.24, 2.45) is 0 Å². The third-order valence-corrected chi connectivity index (χ3v) is 4.42. The van der Waals surface area contributed by atoms with Crippen LogP contribution in [0.15, 0.2) is 41.8 Å². The van der Waals surface area contributed by atoms with Gasteiger partial charge in [-0.25, -0.2) is 4.39 Å². The van der Waals surface area contributed by atoms with E-state index in [-0.39, 0.29) is 11.9 Å². The summed E-state index contributed by atoms with van der Waals surface area (Å²) in [6.07, 6.45) is 0.806. The van der Waals surface area contributed by atoms with Crippen molar-refractivity contribution in [2.75, 3.05) is 6.54 Å². The minimum absolute atomic E-state index is 0.213. The van der Waals surface area contributed by atoms with Gasteiger partial charge in [-0.05, 0) is 49.4 Å². The number of halogens is 1. The van der Waals surface area contributed by atoms with Crippen LogP contribution in [0, 0.1) is 5.82 Å². The summed E-state index contributed by atoms with van der Waals surface area (Å²) in [5.41, 5.74) is 0.229. The molecule has 20 heavy (non-hydrogen) atoms. The van der Waals surface area contributed by atoms with Crippen molar-refractivity contribution < 1.29 is 9.50 Å². The molecule has 0 fully saturated rings. The first-order valence-electron chi connectivity index (χ1n) is 6.71. The summed E-state index contributed by atoms with van der Waals surface area (Å²) in [5, 5.41) is 15.7. The van der Waals surface area contributed by atoms with Gasteiger partial charge < -0.3 is 10.4 Å². The highest BCUT2D eigenvalue weighted by atomic mass is 32.1. The number of aliphatic hydroxyl groups is 1. The Morgan fingerprint density at radius 1 is 1.30 bits per heavy atom. The fourth-order valence-corrected chi connectivity index (χ4v) is 2.88. The van der Waals surface area contributed by atoms with E-state index in [4.69, 9.17) is 0 Å². The van der Waals surface area contributed by atoms with Crippen molar-refractivity contribution in [1.29, 1.82) is 0 Å². The zero-order valence-corrected chi connectivity index (χ0v) is 12.6. The zero-order valence-electron chi connectivity index (χ0n) is 11.8. The molecular weight excluding hydrogens is 273 g/mol. The van der Waals surface area contributed by atoms with E-state index < -0.39 is 5.60 Å². The second kappa shape index (κ2) is 6.48. The fourth-order valence-electron chi connectivity index (χ4n) is 2.09. The molecule has 0 saturated heterocycles. The average molecular weight is 293 g/mol. The minimum Gasteiger partial charge on any atom is -0.383 e. The highest BCUT2D eigenvalue weighted by Crippen LogP contribution is 2.24. The van der Waals surface area contributed by atoms with Crippen LogP contribution in [0.1, 0.15) is 24.3 Å². The van der Waals surface area contributed by atoms with Gasteiger partial charge in [-0.15, -0.1) is 11.3 Å². The Bertz CT molecular complexity index is 522. The van der Waals surface area contributed by atoms with Crippen molar-refractivity contribution in [3.8, 4) is 0 Å². The number of hydrogen-bond donors (Lipinski definition) is 2. The number of hydrogen-bond acceptors (Lipinski definition) is 3. The lowest BCUT2D eigenvalue weighted by Gasteiger charge is -2.25. The Labute approximate surface area is 123 Å². The largest absolute Gasteiger partial charge is 0.383 e. The van der Waals surface area contributed by atoms with E-state index in [9.17, 15) is 9.50 Å².